The van der Waals surface area contributed by atoms with Crippen LogP contribution >= 0.6 is 11.8 Å². The van der Waals surface area contributed by atoms with Crippen molar-refractivity contribution in [1.82, 2.24) is 0 Å². The maximum atomic E-state index is 13.2. The summed E-state index contributed by atoms with van der Waals surface area (Å²) >= 11 is 1.70. The normalized spacial score (nSPS) is 13.5. The molecule has 1 N–H and O–H groups in total. The molecule has 0 spiro atoms. The van der Waals surface area contributed by atoms with Crippen LogP contribution in [0.2, 0.25) is 0 Å². The van der Waals surface area contributed by atoms with E-state index in [1.165, 1.54) is 5.56 Å². The highest BCUT2D eigenvalue weighted by Crippen LogP contribution is 2.48. The van der Waals surface area contributed by atoms with Gasteiger partial charge in [0.2, 0.25) is 0 Å². The molecule has 0 bridgehead atoms. The summed E-state index contributed by atoms with van der Waals surface area (Å²) < 4.78 is 0. The van der Waals surface area contributed by atoms with E-state index in [0.29, 0.717) is 5.92 Å². The largest absolute Gasteiger partial charge is 0.331 e. The molecule has 3 aromatic carbocycles. The molecule has 0 aliphatic carbocycles. The van der Waals surface area contributed by atoms with Crippen molar-refractivity contribution in [3.63, 3.8) is 0 Å². The van der Waals surface area contributed by atoms with Crippen molar-refractivity contribution < 1.29 is 4.79 Å². The predicted octanol–water partition coefficient (Wildman–Crippen LogP) is 7.03. The number of para-hydroxylation sites is 2. The van der Waals surface area contributed by atoms with Gasteiger partial charge in [-0.25, -0.2) is 4.79 Å². The molecule has 0 saturated heterocycles. The van der Waals surface area contributed by atoms with E-state index in [9.17, 15) is 4.79 Å². The topological polar surface area (TPSA) is 32.3 Å². The summed E-state index contributed by atoms with van der Waals surface area (Å²) in [6.07, 6.45) is 1.10. The summed E-state index contributed by atoms with van der Waals surface area (Å²) in [6.45, 7) is 4.40. The molecule has 3 aromatic rings. The van der Waals surface area contributed by atoms with Crippen molar-refractivity contribution in [1.29, 1.82) is 0 Å². The lowest BCUT2D eigenvalue weighted by molar-refractivity contribution is 0.259. The number of amides is 2. The Morgan fingerprint density at radius 1 is 0.926 bits per heavy atom. The Morgan fingerprint density at radius 2 is 1.48 bits per heavy atom. The lowest BCUT2D eigenvalue weighted by Gasteiger charge is -2.31. The first-order valence-corrected chi connectivity index (χ1v) is 10.1. The van der Waals surface area contributed by atoms with E-state index in [4.69, 9.17) is 0 Å². The predicted molar refractivity (Wildman–Crippen MR) is 113 cm³/mol. The average molecular weight is 375 g/mol. The molecule has 3 nitrogen and oxygen atoms in total. The summed E-state index contributed by atoms with van der Waals surface area (Å²) in [7, 11) is 0. The summed E-state index contributed by atoms with van der Waals surface area (Å²) in [6, 6.07) is 24.0. The van der Waals surface area contributed by atoms with Gasteiger partial charge in [-0.1, -0.05) is 62.0 Å². The number of carbonyl (C=O) groups is 1. The number of hydrogen-bond acceptors (Lipinski definition) is 2. The molecule has 1 heterocycles. The van der Waals surface area contributed by atoms with Gasteiger partial charge in [-0.05, 0) is 54.3 Å². The van der Waals surface area contributed by atoms with Gasteiger partial charge in [-0.15, -0.1) is 0 Å². The van der Waals surface area contributed by atoms with Gasteiger partial charge in [-0.2, -0.15) is 0 Å². The standard InChI is InChI=1S/C23H22N2OS/c1-3-16(2)17-12-14-18(15-13-17)24-23(26)25-19-8-4-6-10-21(19)27-22-11-7-5-9-20(22)25/h4-16H,3H2,1-2H3,(H,24,26)/t16-/m0/s1. The molecular weight excluding hydrogens is 352 g/mol. The van der Waals surface area contributed by atoms with Crippen molar-refractivity contribution >= 4 is 34.9 Å². The Labute approximate surface area is 164 Å². The highest BCUT2D eigenvalue weighted by atomic mass is 32.2. The van der Waals surface area contributed by atoms with Crippen LogP contribution in [0.5, 0.6) is 0 Å². The van der Waals surface area contributed by atoms with Crippen molar-refractivity contribution in [2.75, 3.05) is 10.2 Å². The van der Waals surface area contributed by atoms with Gasteiger partial charge in [0, 0.05) is 15.5 Å². The fourth-order valence-corrected chi connectivity index (χ4v) is 4.29. The highest BCUT2D eigenvalue weighted by Gasteiger charge is 2.27. The molecule has 0 saturated carbocycles. The smallest absolute Gasteiger partial charge is 0.307 e. The molecule has 4 rings (SSSR count). The fourth-order valence-electron chi connectivity index (χ4n) is 3.23. The number of fused-ring (bicyclic) bond motifs is 2. The van der Waals surface area contributed by atoms with Crippen LogP contribution in [0, 0.1) is 0 Å². The molecule has 0 radical (unpaired) electrons. The van der Waals surface area contributed by atoms with Gasteiger partial charge >= 0.3 is 6.03 Å². The molecule has 0 aromatic heterocycles. The monoisotopic (exact) mass is 374 g/mol. The number of anilines is 3. The summed E-state index contributed by atoms with van der Waals surface area (Å²) in [5, 5.41) is 3.06. The number of rotatable bonds is 3. The molecule has 4 heteroatoms. The first kappa shape index (κ1) is 17.7. The first-order valence-electron chi connectivity index (χ1n) is 9.24. The van der Waals surface area contributed by atoms with Gasteiger partial charge < -0.3 is 5.32 Å². The van der Waals surface area contributed by atoms with Crippen LogP contribution in [0.4, 0.5) is 21.9 Å². The van der Waals surface area contributed by atoms with Crippen LogP contribution in [-0.4, -0.2) is 6.03 Å². The Morgan fingerprint density at radius 3 is 2.04 bits per heavy atom. The SMILES string of the molecule is CC[C@H](C)c1ccc(NC(=O)N2c3ccccc3Sc3ccccc32)cc1. The minimum absolute atomic E-state index is 0.147. The molecule has 1 atom stereocenters. The molecule has 27 heavy (non-hydrogen) atoms. The molecule has 0 fully saturated rings. The van der Waals surface area contributed by atoms with Gasteiger partial charge in [0.25, 0.3) is 0 Å². The quantitative estimate of drug-likeness (QED) is 0.533. The lowest BCUT2D eigenvalue weighted by atomic mass is 9.99. The molecule has 1 aliphatic heterocycles. The second-order valence-corrected chi connectivity index (χ2v) is 7.82. The molecule has 136 valence electrons. The molecular formula is C23H22N2OS. The van der Waals surface area contributed by atoms with E-state index in [2.05, 4.69) is 43.4 Å². The van der Waals surface area contributed by atoms with Crippen LogP contribution < -0.4 is 10.2 Å². The van der Waals surface area contributed by atoms with Gasteiger partial charge in [-0.3, -0.25) is 4.90 Å². The van der Waals surface area contributed by atoms with Crippen LogP contribution in [0.1, 0.15) is 31.7 Å². The molecule has 0 unspecified atom stereocenters. The van der Waals surface area contributed by atoms with Crippen LogP contribution in [0.15, 0.2) is 82.6 Å². The Bertz CT molecular complexity index is 923. The minimum Gasteiger partial charge on any atom is -0.307 e. The third-order valence-electron chi connectivity index (χ3n) is 4.98. The minimum atomic E-state index is -0.147. The first-order chi connectivity index (χ1) is 13.2. The zero-order valence-electron chi connectivity index (χ0n) is 15.5. The van der Waals surface area contributed by atoms with E-state index in [0.717, 1.165) is 33.3 Å². The van der Waals surface area contributed by atoms with E-state index in [1.807, 2.05) is 48.5 Å². The number of nitrogens with zero attached hydrogens (tertiary/aromatic N) is 1. The number of benzene rings is 3. The third-order valence-corrected chi connectivity index (χ3v) is 6.11. The second kappa shape index (κ2) is 7.49. The van der Waals surface area contributed by atoms with E-state index >= 15 is 0 Å². The maximum absolute atomic E-state index is 13.2. The fraction of sp³-hybridized carbons (Fsp3) is 0.174. The van der Waals surface area contributed by atoms with E-state index in [-0.39, 0.29) is 6.03 Å². The van der Waals surface area contributed by atoms with Gasteiger partial charge in [0.15, 0.2) is 0 Å². The average Bonchev–Trinajstić information content (AvgIpc) is 2.71. The van der Waals surface area contributed by atoms with Crippen molar-refractivity contribution in [3.05, 3.63) is 78.4 Å². The van der Waals surface area contributed by atoms with Crippen molar-refractivity contribution in [2.24, 2.45) is 0 Å². The Hall–Kier alpha value is -2.72. The Kier molecular flexibility index (Phi) is 4.90. The van der Waals surface area contributed by atoms with E-state index in [1.54, 1.807) is 16.7 Å². The summed E-state index contributed by atoms with van der Waals surface area (Å²) in [4.78, 5) is 17.1. The van der Waals surface area contributed by atoms with E-state index < -0.39 is 0 Å². The molecule has 2 amide bonds. The summed E-state index contributed by atoms with van der Waals surface area (Å²) in [5.74, 6) is 0.521. The van der Waals surface area contributed by atoms with Crippen LogP contribution in [0.3, 0.4) is 0 Å². The number of hydrogen-bond donors (Lipinski definition) is 1. The molecule has 1 aliphatic rings. The number of nitrogens with one attached hydrogen (secondary N) is 1. The highest BCUT2D eigenvalue weighted by molar-refractivity contribution is 7.99. The zero-order valence-corrected chi connectivity index (χ0v) is 16.3. The number of carbonyl (C=O) groups excluding carboxylic acids is 1. The zero-order chi connectivity index (χ0) is 18.8. The van der Waals surface area contributed by atoms with Crippen molar-refractivity contribution in [3.8, 4) is 0 Å². The van der Waals surface area contributed by atoms with Crippen molar-refractivity contribution in [2.45, 2.75) is 36.0 Å². The lowest BCUT2D eigenvalue weighted by Crippen LogP contribution is -2.32. The second-order valence-electron chi connectivity index (χ2n) is 6.73. The van der Waals surface area contributed by atoms with Gasteiger partial charge in [0.1, 0.15) is 0 Å². The van der Waals surface area contributed by atoms with Crippen LogP contribution in [0.25, 0.3) is 0 Å². The summed E-state index contributed by atoms with van der Waals surface area (Å²) in [5.41, 5.74) is 3.92. The maximum Gasteiger partial charge on any atom is 0.331 e. The van der Waals surface area contributed by atoms with Crippen LogP contribution in [-0.2, 0) is 0 Å². The number of urea groups is 1. The third kappa shape index (κ3) is 3.45. The Balaban J connectivity index is 1.64. The van der Waals surface area contributed by atoms with Gasteiger partial charge in [0.05, 0.1) is 11.4 Å².